The maximum absolute atomic E-state index is 12.0. The molecule has 4 aromatic rings. The molecule has 20 heavy (non-hydrogen) atoms. The Morgan fingerprint density at radius 2 is 1.95 bits per heavy atom. The molecule has 0 aliphatic rings. The molecule has 3 aromatic heterocycles. The molecular formula is C15H12N4O. The second-order valence-electron chi connectivity index (χ2n) is 4.77. The van der Waals surface area contributed by atoms with E-state index in [1.807, 2.05) is 47.3 Å². The summed E-state index contributed by atoms with van der Waals surface area (Å²) >= 11 is 0. The standard InChI is InChI=1S/C15H12N4O/c20-15-12-8-17-14-11(6-7-16-14)13(12)19(18-15)9-10-4-2-1-3-5-10/h1-8H,9H2,(H,16,17)(H,18,20). The number of H-pyrrole nitrogens is 2. The van der Waals surface area contributed by atoms with Crippen molar-refractivity contribution in [1.29, 1.82) is 0 Å². The number of aromatic nitrogens is 4. The Bertz CT molecular complexity index is 946. The summed E-state index contributed by atoms with van der Waals surface area (Å²) in [5.41, 5.74) is 2.72. The predicted octanol–water partition coefficient (Wildman–Crippen LogP) is 2.25. The molecule has 4 rings (SSSR count). The SMILES string of the molecule is O=c1[nH]n(Cc2ccccc2)c2c1cnc1[nH]ccc12. The maximum atomic E-state index is 12.0. The Labute approximate surface area is 113 Å². The van der Waals surface area contributed by atoms with Gasteiger partial charge in [-0.25, -0.2) is 4.98 Å². The van der Waals surface area contributed by atoms with Crippen molar-refractivity contribution in [1.82, 2.24) is 19.7 Å². The van der Waals surface area contributed by atoms with Crippen LogP contribution in [0.1, 0.15) is 5.56 Å². The first kappa shape index (κ1) is 11.0. The molecule has 0 saturated carbocycles. The lowest BCUT2D eigenvalue weighted by atomic mass is 10.2. The molecule has 0 atom stereocenters. The summed E-state index contributed by atoms with van der Waals surface area (Å²) in [5, 5.41) is 4.46. The van der Waals surface area contributed by atoms with Crippen LogP contribution < -0.4 is 5.56 Å². The Hall–Kier alpha value is -2.82. The molecule has 3 heterocycles. The molecule has 0 spiro atoms. The van der Waals surface area contributed by atoms with E-state index in [1.54, 1.807) is 6.20 Å². The fourth-order valence-electron chi connectivity index (χ4n) is 2.57. The van der Waals surface area contributed by atoms with E-state index in [-0.39, 0.29) is 5.56 Å². The van der Waals surface area contributed by atoms with Gasteiger partial charge in [-0.2, -0.15) is 0 Å². The van der Waals surface area contributed by atoms with Gasteiger partial charge in [0, 0.05) is 17.8 Å². The van der Waals surface area contributed by atoms with E-state index in [9.17, 15) is 4.79 Å². The third kappa shape index (κ3) is 1.56. The summed E-state index contributed by atoms with van der Waals surface area (Å²) in [6.45, 7) is 0.629. The largest absolute Gasteiger partial charge is 0.346 e. The monoisotopic (exact) mass is 264 g/mol. The van der Waals surface area contributed by atoms with Crippen LogP contribution in [0.3, 0.4) is 0 Å². The summed E-state index contributed by atoms with van der Waals surface area (Å²) in [5.74, 6) is 0. The highest BCUT2D eigenvalue weighted by molar-refractivity contribution is 6.01. The molecule has 2 N–H and O–H groups in total. The fraction of sp³-hybridized carbons (Fsp3) is 0.0667. The number of nitrogens with one attached hydrogen (secondary N) is 2. The summed E-state index contributed by atoms with van der Waals surface area (Å²) in [6, 6.07) is 12.0. The summed E-state index contributed by atoms with van der Waals surface area (Å²) in [4.78, 5) is 19.4. The number of hydrogen-bond donors (Lipinski definition) is 2. The number of fused-ring (bicyclic) bond motifs is 3. The molecule has 5 heteroatoms. The van der Waals surface area contributed by atoms with E-state index in [0.717, 1.165) is 22.1 Å². The normalized spacial score (nSPS) is 11.4. The number of nitrogens with zero attached hydrogens (tertiary/aromatic N) is 2. The topological polar surface area (TPSA) is 66.5 Å². The van der Waals surface area contributed by atoms with Gasteiger partial charge in [0.15, 0.2) is 0 Å². The lowest BCUT2D eigenvalue weighted by molar-refractivity contribution is 0.705. The lowest BCUT2D eigenvalue weighted by Crippen LogP contribution is -2.06. The third-order valence-corrected chi connectivity index (χ3v) is 3.49. The second-order valence-corrected chi connectivity index (χ2v) is 4.77. The van der Waals surface area contributed by atoms with Crippen LogP contribution in [0.4, 0.5) is 0 Å². The lowest BCUT2D eigenvalue weighted by Gasteiger charge is -2.05. The molecular weight excluding hydrogens is 252 g/mol. The van der Waals surface area contributed by atoms with Crippen molar-refractivity contribution in [3.63, 3.8) is 0 Å². The number of aromatic amines is 2. The predicted molar refractivity (Wildman–Crippen MR) is 77.8 cm³/mol. The summed E-state index contributed by atoms with van der Waals surface area (Å²) in [6.07, 6.45) is 3.45. The van der Waals surface area contributed by atoms with Gasteiger partial charge in [0.25, 0.3) is 5.56 Å². The van der Waals surface area contributed by atoms with E-state index in [2.05, 4.69) is 15.1 Å². The van der Waals surface area contributed by atoms with Crippen molar-refractivity contribution in [3.05, 3.63) is 64.7 Å². The van der Waals surface area contributed by atoms with Crippen molar-refractivity contribution in [2.45, 2.75) is 6.54 Å². The molecule has 0 aliphatic carbocycles. The summed E-state index contributed by atoms with van der Waals surface area (Å²) < 4.78 is 1.88. The highest BCUT2D eigenvalue weighted by atomic mass is 16.1. The van der Waals surface area contributed by atoms with Gasteiger partial charge < -0.3 is 4.98 Å². The first-order valence-electron chi connectivity index (χ1n) is 6.41. The fourth-order valence-corrected chi connectivity index (χ4v) is 2.57. The van der Waals surface area contributed by atoms with Crippen molar-refractivity contribution >= 4 is 21.9 Å². The van der Waals surface area contributed by atoms with Crippen molar-refractivity contribution in [2.24, 2.45) is 0 Å². The highest BCUT2D eigenvalue weighted by Crippen LogP contribution is 2.20. The first-order valence-corrected chi connectivity index (χ1v) is 6.41. The van der Waals surface area contributed by atoms with Gasteiger partial charge in [-0.05, 0) is 11.6 Å². The van der Waals surface area contributed by atoms with E-state index in [0.29, 0.717) is 11.9 Å². The highest BCUT2D eigenvalue weighted by Gasteiger charge is 2.11. The molecule has 0 fully saturated rings. The van der Waals surface area contributed by atoms with Crippen molar-refractivity contribution in [3.8, 4) is 0 Å². The van der Waals surface area contributed by atoms with Crippen LogP contribution in [0, 0.1) is 0 Å². The Morgan fingerprint density at radius 3 is 2.80 bits per heavy atom. The minimum Gasteiger partial charge on any atom is -0.346 e. The molecule has 1 aromatic carbocycles. The van der Waals surface area contributed by atoms with Gasteiger partial charge in [-0.3, -0.25) is 14.6 Å². The van der Waals surface area contributed by atoms with Gasteiger partial charge in [0.1, 0.15) is 5.65 Å². The number of rotatable bonds is 2. The molecule has 5 nitrogen and oxygen atoms in total. The average Bonchev–Trinajstić information content (AvgIpc) is 3.05. The number of benzene rings is 1. The Kier molecular flexibility index (Phi) is 2.26. The first-order chi connectivity index (χ1) is 9.83. The van der Waals surface area contributed by atoms with Crippen LogP contribution >= 0.6 is 0 Å². The van der Waals surface area contributed by atoms with E-state index >= 15 is 0 Å². The van der Waals surface area contributed by atoms with Gasteiger partial charge in [0.05, 0.1) is 17.4 Å². The number of pyridine rings is 1. The van der Waals surface area contributed by atoms with Crippen LogP contribution in [0.5, 0.6) is 0 Å². The quantitative estimate of drug-likeness (QED) is 0.583. The zero-order valence-electron chi connectivity index (χ0n) is 10.6. The Balaban J connectivity index is 1.99. The minimum absolute atomic E-state index is 0.105. The summed E-state index contributed by atoms with van der Waals surface area (Å²) in [7, 11) is 0. The van der Waals surface area contributed by atoms with E-state index < -0.39 is 0 Å². The van der Waals surface area contributed by atoms with Crippen LogP contribution in [0.2, 0.25) is 0 Å². The molecule has 0 unspecified atom stereocenters. The van der Waals surface area contributed by atoms with Crippen molar-refractivity contribution in [2.75, 3.05) is 0 Å². The van der Waals surface area contributed by atoms with Crippen LogP contribution in [0.15, 0.2) is 53.6 Å². The van der Waals surface area contributed by atoms with E-state index in [1.165, 1.54) is 0 Å². The Morgan fingerprint density at radius 1 is 1.10 bits per heavy atom. The molecule has 0 radical (unpaired) electrons. The molecule has 0 bridgehead atoms. The van der Waals surface area contributed by atoms with Crippen LogP contribution in [-0.4, -0.2) is 19.7 Å². The number of hydrogen-bond acceptors (Lipinski definition) is 2. The maximum Gasteiger partial charge on any atom is 0.273 e. The van der Waals surface area contributed by atoms with Gasteiger partial charge >= 0.3 is 0 Å². The molecule has 0 aliphatic heterocycles. The third-order valence-electron chi connectivity index (χ3n) is 3.49. The van der Waals surface area contributed by atoms with Gasteiger partial charge in [-0.15, -0.1) is 0 Å². The molecule has 0 saturated heterocycles. The molecule has 0 amide bonds. The smallest absolute Gasteiger partial charge is 0.273 e. The van der Waals surface area contributed by atoms with Gasteiger partial charge in [-0.1, -0.05) is 30.3 Å². The second kappa shape index (κ2) is 4.09. The zero-order chi connectivity index (χ0) is 13.5. The van der Waals surface area contributed by atoms with Crippen LogP contribution in [-0.2, 0) is 6.54 Å². The minimum atomic E-state index is -0.105. The van der Waals surface area contributed by atoms with E-state index in [4.69, 9.17) is 0 Å². The zero-order valence-corrected chi connectivity index (χ0v) is 10.6. The van der Waals surface area contributed by atoms with Crippen molar-refractivity contribution < 1.29 is 0 Å². The average molecular weight is 264 g/mol. The van der Waals surface area contributed by atoms with Gasteiger partial charge in [0.2, 0.25) is 0 Å². The molecule has 98 valence electrons. The van der Waals surface area contributed by atoms with Crippen LogP contribution in [0.25, 0.3) is 21.9 Å².